The van der Waals surface area contributed by atoms with Crippen molar-refractivity contribution in [1.82, 2.24) is 20.3 Å². The number of nitrogens with one attached hydrogen (secondary N) is 1. The van der Waals surface area contributed by atoms with Gasteiger partial charge in [0, 0.05) is 6.04 Å². The number of hydrogen-bond acceptors (Lipinski definition) is 5. The average Bonchev–Trinajstić information content (AvgIpc) is 3.00. The Kier molecular flexibility index (Phi) is 5.96. The summed E-state index contributed by atoms with van der Waals surface area (Å²) in [5.74, 6) is 1.22. The molecule has 1 heterocycles. The maximum absolute atomic E-state index is 11.8. The molecule has 23 heavy (non-hydrogen) atoms. The molecule has 2 aromatic rings. The van der Waals surface area contributed by atoms with Gasteiger partial charge in [-0.1, -0.05) is 24.3 Å². The molecule has 7 nitrogen and oxygen atoms in total. The van der Waals surface area contributed by atoms with Gasteiger partial charge in [0.1, 0.15) is 18.8 Å². The molecule has 0 aliphatic heterocycles. The van der Waals surface area contributed by atoms with Crippen molar-refractivity contribution in [3.05, 3.63) is 36.2 Å². The van der Waals surface area contributed by atoms with Gasteiger partial charge in [0.25, 0.3) is 0 Å². The lowest BCUT2D eigenvalue weighted by molar-refractivity contribution is -0.122. The number of hydrogen-bond donors (Lipinski definition) is 1. The number of ether oxygens (including phenoxy) is 2. The van der Waals surface area contributed by atoms with E-state index in [1.165, 1.54) is 4.68 Å². The third-order valence-corrected chi connectivity index (χ3v) is 3.36. The van der Waals surface area contributed by atoms with Gasteiger partial charge in [-0.15, -0.1) is 5.10 Å². The summed E-state index contributed by atoms with van der Waals surface area (Å²) < 4.78 is 12.4. The van der Waals surface area contributed by atoms with Gasteiger partial charge in [-0.2, -0.15) is 0 Å². The molecule has 0 aliphatic rings. The lowest BCUT2D eigenvalue weighted by Gasteiger charge is -2.10. The number of rotatable bonds is 8. The monoisotopic (exact) mass is 318 g/mol. The molecular weight excluding hydrogens is 296 g/mol. The van der Waals surface area contributed by atoms with Crippen LogP contribution in [0.1, 0.15) is 26.0 Å². The van der Waals surface area contributed by atoms with Gasteiger partial charge >= 0.3 is 0 Å². The normalized spacial score (nSPS) is 11.8. The van der Waals surface area contributed by atoms with Crippen LogP contribution in [-0.4, -0.2) is 34.1 Å². The molecule has 7 heteroatoms. The molecule has 1 atom stereocenters. The van der Waals surface area contributed by atoms with Gasteiger partial charge in [0.15, 0.2) is 11.5 Å². The van der Waals surface area contributed by atoms with Gasteiger partial charge in [0.2, 0.25) is 5.91 Å². The zero-order valence-corrected chi connectivity index (χ0v) is 13.7. The summed E-state index contributed by atoms with van der Waals surface area (Å²) in [4.78, 5) is 11.8. The van der Waals surface area contributed by atoms with Gasteiger partial charge in [-0.25, -0.2) is 4.68 Å². The van der Waals surface area contributed by atoms with Gasteiger partial charge < -0.3 is 14.8 Å². The SMILES string of the molecule is CCC(C)NC(=O)Cn1cc(COc2ccccc2OC)nn1. The molecule has 0 aliphatic carbocycles. The van der Waals surface area contributed by atoms with Crippen LogP contribution in [0.25, 0.3) is 0 Å². The number of benzene rings is 1. The minimum atomic E-state index is -0.0820. The molecule has 0 fully saturated rings. The minimum absolute atomic E-state index is 0.0820. The summed E-state index contributed by atoms with van der Waals surface area (Å²) >= 11 is 0. The van der Waals surface area contributed by atoms with Crippen LogP contribution in [0.4, 0.5) is 0 Å². The fraction of sp³-hybridized carbons (Fsp3) is 0.438. The highest BCUT2D eigenvalue weighted by molar-refractivity contribution is 5.75. The number of para-hydroxylation sites is 2. The lowest BCUT2D eigenvalue weighted by Crippen LogP contribution is -2.34. The van der Waals surface area contributed by atoms with E-state index in [-0.39, 0.29) is 25.1 Å². The predicted octanol–water partition coefficient (Wildman–Crippen LogP) is 1.78. The topological polar surface area (TPSA) is 78.3 Å². The Morgan fingerprint density at radius 1 is 1.35 bits per heavy atom. The quantitative estimate of drug-likeness (QED) is 0.802. The van der Waals surface area contributed by atoms with Crippen LogP contribution >= 0.6 is 0 Å². The third kappa shape index (κ3) is 4.98. The Morgan fingerprint density at radius 3 is 2.78 bits per heavy atom. The van der Waals surface area contributed by atoms with E-state index < -0.39 is 0 Å². The maximum Gasteiger partial charge on any atom is 0.242 e. The van der Waals surface area contributed by atoms with Gasteiger partial charge in [-0.3, -0.25) is 4.79 Å². The molecule has 1 unspecified atom stereocenters. The first kappa shape index (κ1) is 16.8. The fourth-order valence-electron chi connectivity index (χ4n) is 1.94. The Hall–Kier alpha value is -2.57. The van der Waals surface area contributed by atoms with Gasteiger partial charge in [-0.05, 0) is 25.5 Å². The first-order valence-electron chi connectivity index (χ1n) is 7.56. The summed E-state index contributed by atoms with van der Waals surface area (Å²) in [5.41, 5.74) is 0.646. The maximum atomic E-state index is 11.8. The number of carbonyl (C=O) groups is 1. The second kappa shape index (κ2) is 8.17. The first-order valence-corrected chi connectivity index (χ1v) is 7.56. The van der Waals surface area contributed by atoms with Crippen molar-refractivity contribution in [2.75, 3.05) is 7.11 Å². The smallest absolute Gasteiger partial charge is 0.242 e. The fourth-order valence-corrected chi connectivity index (χ4v) is 1.94. The average molecular weight is 318 g/mol. The van der Waals surface area contributed by atoms with Crippen LogP contribution < -0.4 is 14.8 Å². The largest absolute Gasteiger partial charge is 0.493 e. The molecule has 0 bridgehead atoms. The summed E-state index contributed by atoms with van der Waals surface area (Å²) in [6, 6.07) is 7.54. The van der Waals surface area contributed by atoms with E-state index in [0.29, 0.717) is 17.2 Å². The molecule has 0 radical (unpaired) electrons. The third-order valence-electron chi connectivity index (χ3n) is 3.36. The molecule has 124 valence electrons. The Balaban J connectivity index is 1.88. The summed E-state index contributed by atoms with van der Waals surface area (Å²) in [7, 11) is 1.59. The molecule has 1 N–H and O–H groups in total. The first-order chi connectivity index (χ1) is 11.1. The second-order valence-electron chi connectivity index (χ2n) is 5.22. The molecule has 0 saturated carbocycles. The molecule has 1 aromatic heterocycles. The van der Waals surface area contributed by atoms with Crippen LogP contribution in [0.3, 0.4) is 0 Å². The second-order valence-corrected chi connectivity index (χ2v) is 5.22. The highest BCUT2D eigenvalue weighted by Crippen LogP contribution is 2.26. The number of methoxy groups -OCH3 is 1. The predicted molar refractivity (Wildman–Crippen MR) is 85.2 cm³/mol. The number of aromatic nitrogens is 3. The van der Waals surface area contributed by atoms with E-state index in [2.05, 4.69) is 15.6 Å². The van der Waals surface area contributed by atoms with Crippen molar-refractivity contribution in [3.8, 4) is 11.5 Å². The van der Waals surface area contributed by atoms with E-state index in [0.717, 1.165) is 6.42 Å². The Bertz CT molecular complexity index is 642. The highest BCUT2D eigenvalue weighted by atomic mass is 16.5. The van der Waals surface area contributed by atoms with Gasteiger partial charge in [0.05, 0.1) is 13.3 Å². The zero-order chi connectivity index (χ0) is 16.7. The Morgan fingerprint density at radius 2 is 2.09 bits per heavy atom. The Labute approximate surface area is 135 Å². The summed E-state index contributed by atoms with van der Waals surface area (Å²) in [6.07, 6.45) is 2.59. The van der Waals surface area contributed by atoms with Crippen molar-refractivity contribution in [2.45, 2.75) is 39.5 Å². The molecule has 2 rings (SSSR count). The van der Waals surface area contributed by atoms with E-state index >= 15 is 0 Å². The minimum Gasteiger partial charge on any atom is -0.493 e. The van der Waals surface area contributed by atoms with Crippen LogP contribution in [0, 0.1) is 0 Å². The van der Waals surface area contributed by atoms with Crippen molar-refractivity contribution in [2.24, 2.45) is 0 Å². The van der Waals surface area contributed by atoms with Crippen molar-refractivity contribution < 1.29 is 14.3 Å². The molecule has 0 spiro atoms. The van der Waals surface area contributed by atoms with Crippen LogP contribution in [-0.2, 0) is 17.9 Å². The van der Waals surface area contributed by atoms with Crippen LogP contribution in [0.15, 0.2) is 30.5 Å². The van der Waals surface area contributed by atoms with Crippen molar-refractivity contribution in [3.63, 3.8) is 0 Å². The van der Waals surface area contributed by atoms with E-state index in [9.17, 15) is 4.79 Å². The molecule has 1 amide bonds. The number of amides is 1. The van der Waals surface area contributed by atoms with Crippen molar-refractivity contribution in [1.29, 1.82) is 0 Å². The van der Waals surface area contributed by atoms with E-state index in [4.69, 9.17) is 9.47 Å². The highest BCUT2D eigenvalue weighted by Gasteiger charge is 2.09. The van der Waals surface area contributed by atoms with Crippen LogP contribution in [0.5, 0.6) is 11.5 Å². The molecule has 1 aromatic carbocycles. The van der Waals surface area contributed by atoms with E-state index in [1.54, 1.807) is 13.3 Å². The number of carbonyl (C=O) groups excluding carboxylic acids is 1. The van der Waals surface area contributed by atoms with E-state index in [1.807, 2.05) is 38.1 Å². The number of nitrogens with zero attached hydrogens (tertiary/aromatic N) is 3. The van der Waals surface area contributed by atoms with Crippen molar-refractivity contribution >= 4 is 5.91 Å². The molecule has 0 saturated heterocycles. The standard InChI is InChI=1S/C16H22N4O3/c1-4-12(2)17-16(21)10-20-9-13(18-19-20)11-23-15-8-6-5-7-14(15)22-3/h5-9,12H,4,10-11H2,1-3H3,(H,17,21). The lowest BCUT2D eigenvalue weighted by atomic mass is 10.2. The zero-order valence-electron chi connectivity index (χ0n) is 13.7. The molecular formula is C16H22N4O3. The van der Waals surface area contributed by atoms with Crippen LogP contribution in [0.2, 0.25) is 0 Å². The summed E-state index contributed by atoms with van der Waals surface area (Å²) in [6.45, 7) is 4.39. The summed E-state index contributed by atoms with van der Waals surface area (Å²) in [5, 5.41) is 10.8.